The van der Waals surface area contributed by atoms with Crippen molar-refractivity contribution >= 4 is 45.4 Å². The highest BCUT2D eigenvalue weighted by atomic mass is 16.5. The summed E-state index contributed by atoms with van der Waals surface area (Å²) in [5.41, 5.74) is 0.0601. The molecule has 0 aliphatic rings. The van der Waals surface area contributed by atoms with Crippen molar-refractivity contribution < 1.29 is 49.1 Å². The molecule has 0 atom stereocenters. The number of ether oxygens (including phenoxy) is 2. The first-order valence-electron chi connectivity index (χ1n) is 11.5. The van der Waals surface area contributed by atoms with Gasteiger partial charge in [-0.05, 0) is 71.8 Å². The summed E-state index contributed by atoms with van der Waals surface area (Å²) < 4.78 is 11.7. The Labute approximate surface area is 215 Å². The quantitative estimate of drug-likeness (QED) is 0.230. The fourth-order valence-corrected chi connectivity index (χ4v) is 4.47. The van der Waals surface area contributed by atoms with E-state index in [1.165, 1.54) is 48.5 Å². The van der Waals surface area contributed by atoms with Crippen LogP contribution in [0.3, 0.4) is 0 Å². The smallest absolute Gasteiger partial charge is 0.336 e. The number of aromatic carboxylic acids is 4. The average Bonchev–Trinajstić information content (AvgIpc) is 2.87. The first-order chi connectivity index (χ1) is 18.1. The number of fused-ring (bicyclic) bond motifs is 2. The number of hydrogen-bond acceptors (Lipinski definition) is 6. The Balaban J connectivity index is 2.27. The third-order valence-electron chi connectivity index (χ3n) is 6.01. The molecule has 0 heterocycles. The van der Waals surface area contributed by atoms with Crippen molar-refractivity contribution in [3.8, 4) is 22.6 Å². The Hall–Kier alpha value is -5.12. The lowest BCUT2D eigenvalue weighted by molar-refractivity contribution is 0.0685. The van der Waals surface area contributed by atoms with Gasteiger partial charge in [0.2, 0.25) is 0 Å². The second-order valence-electron chi connectivity index (χ2n) is 8.20. The van der Waals surface area contributed by atoms with Crippen LogP contribution in [0.15, 0.2) is 48.5 Å². The number of carboxylic acid groups (broad SMARTS) is 4. The van der Waals surface area contributed by atoms with Crippen molar-refractivity contribution in [2.75, 3.05) is 13.2 Å². The van der Waals surface area contributed by atoms with E-state index in [1.807, 2.05) is 0 Å². The van der Waals surface area contributed by atoms with Gasteiger partial charge >= 0.3 is 23.9 Å². The van der Waals surface area contributed by atoms with Crippen molar-refractivity contribution in [1.29, 1.82) is 0 Å². The maximum Gasteiger partial charge on any atom is 0.336 e. The van der Waals surface area contributed by atoms with Crippen molar-refractivity contribution in [1.82, 2.24) is 0 Å². The predicted molar refractivity (Wildman–Crippen MR) is 137 cm³/mol. The van der Waals surface area contributed by atoms with Gasteiger partial charge in [-0.2, -0.15) is 0 Å². The number of benzene rings is 4. The molecule has 0 aromatic heterocycles. The number of hydrogen-bond donors (Lipinski definition) is 4. The molecule has 10 heteroatoms. The van der Waals surface area contributed by atoms with Crippen LogP contribution in [0.25, 0.3) is 32.7 Å². The molecule has 0 spiro atoms. The van der Waals surface area contributed by atoms with E-state index in [-0.39, 0.29) is 57.7 Å². The molecule has 38 heavy (non-hydrogen) atoms. The Morgan fingerprint density at radius 1 is 0.553 bits per heavy atom. The van der Waals surface area contributed by atoms with Crippen LogP contribution < -0.4 is 9.47 Å². The van der Waals surface area contributed by atoms with Gasteiger partial charge in [-0.25, -0.2) is 19.2 Å². The van der Waals surface area contributed by atoms with Crippen molar-refractivity contribution in [3.63, 3.8) is 0 Å². The van der Waals surface area contributed by atoms with E-state index in [0.717, 1.165) is 0 Å². The van der Waals surface area contributed by atoms with Gasteiger partial charge in [0.25, 0.3) is 0 Å². The maximum absolute atomic E-state index is 12.2. The van der Waals surface area contributed by atoms with E-state index < -0.39 is 23.9 Å². The fraction of sp³-hybridized carbons (Fsp3) is 0.143. The minimum Gasteiger partial charge on any atom is -0.493 e. The molecule has 4 rings (SSSR count). The molecular weight excluding hydrogens is 496 g/mol. The van der Waals surface area contributed by atoms with Crippen LogP contribution in [0.1, 0.15) is 55.3 Å². The number of carbonyl (C=O) groups is 4. The van der Waals surface area contributed by atoms with Crippen LogP contribution in [-0.2, 0) is 0 Å². The predicted octanol–water partition coefficient (Wildman–Crippen LogP) is 5.25. The third kappa shape index (κ3) is 4.43. The Morgan fingerprint density at radius 2 is 0.921 bits per heavy atom. The van der Waals surface area contributed by atoms with E-state index in [9.17, 15) is 39.6 Å². The van der Waals surface area contributed by atoms with Gasteiger partial charge in [-0.15, -0.1) is 0 Å². The van der Waals surface area contributed by atoms with Gasteiger partial charge in [0.1, 0.15) is 11.5 Å². The van der Waals surface area contributed by atoms with Gasteiger partial charge in [-0.1, -0.05) is 12.1 Å². The summed E-state index contributed by atoms with van der Waals surface area (Å²) in [4.78, 5) is 47.6. The lowest BCUT2D eigenvalue weighted by Crippen LogP contribution is -2.07. The fourth-order valence-electron chi connectivity index (χ4n) is 4.47. The van der Waals surface area contributed by atoms with Crippen LogP contribution in [0.2, 0.25) is 0 Å². The molecule has 4 aromatic carbocycles. The summed E-state index contributed by atoms with van der Waals surface area (Å²) >= 11 is 0. The second-order valence-corrected chi connectivity index (χ2v) is 8.20. The second kappa shape index (κ2) is 10.1. The van der Waals surface area contributed by atoms with Gasteiger partial charge in [0, 0.05) is 11.1 Å². The zero-order chi connectivity index (χ0) is 27.7. The minimum absolute atomic E-state index is 0.121. The average molecular weight is 518 g/mol. The van der Waals surface area contributed by atoms with Crippen LogP contribution in [-0.4, -0.2) is 57.5 Å². The molecule has 0 aliphatic heterocycles. The van der Waals surface area contributed by atoms with Gasteiger partial charge in [0.15, 0.2) is 0 Å². The summed E-state index contributed by atoms with van der Waals surface area (Å²) in [6, 6.07) is 10.6. The Bertz CT molecular complexity index is 1530. The van der Waals surface area contributed by atoms with Crippen LogP contribution in [0.4, 0.5) is 0 Å². The molecule has 0 aliphatic carbocycles. The Morgan fingerprint density at radius 3 is 1.21 bits per heavy atom. The molecule has 4 N–H and O–H groups in total. The third-order valence-corrected chi connectivity index (χ3v) is 6.01. The standard InChI is InChI=1S/C28H22O10/c1-3-37-21-11-19(27(33)34)17-9-13(25(29)30)5-7-15(17)23(21)24-16-8-6-14(26(31)32)10-18(16)20(28(35)36)12-22(24)38-4-2/h5-12H,3-4H2,1-2H3,(H,29,30)(H,31,32)(H,33,34)(H,35,36). The molecule has 0 fully saturated rings. The SMILES string of the molecule is CCOc1cc(C(=O)O)c2cc(C(=O)O)ccc2c1-c1c(OCC)cc(C(=O)O)c2cc(C(=O)O)ccc12. The lowest BCUT2D eigenvalue weighted by Gasteiger charge is -2.21. The molecule has 0 unspecified atom stereocenters. The number of carboxylic acids is 4. The minimum atomic E-state index is -1.30. The largest absolute Gasteiger partial charge is 0.493 e. The molecule has 0 radical (unpaired) electrons. The highest BCUT2D eigenvalue weighted by Crippen LogP contribution is 2.48. The van der Waals surface area contributed by atoms with E-state index in [0.29, 0.717) is 21.9 Å². The number of rotatable bonds is 9. The maximum atomic E-state index is 12.2. The van der Waals surface area contributed by atoms with Crippen LogP contribution in [0.5, 0.6) is 11.5 Å². The summed E-state index contributed by atoms with van der Waals surface area (Å²) in [7, 11) is 0. The summed E-state index contributed by atoms with van der Waals surface area (Å²) in [6.45, 7) is 3.72. The first kappa shape index (κ1) is 26.0. The highest BCUT2D eigenvalue weighted by Gasteiger charge is 2.26. The first-order valence-corrected chi connectivity index (χ1v) is 11.5. The van der Waals surface area contributed by atoms with E-state index >= 15 is 0 Å². The van der Waals surface area contributed by atoms with E-state index in [4.69, 9.17) is 9.47 Å². The zero-order valence-electron chi connectivity index (χ0n) is 20.3. The molecule has 0 amide bonds. The Kier molecular flexibility index (Phi) is 6.89. The molecule has 10 nitrogen and oxygen atoms in total. The van der Waals surface area contributed by atoms with Crippen LogP contribution >= 0.6 is 0 Å². The normalized spacial score (nSPS) is 10.9. The van der Waals surface area contributed by atoms with Crippen molar-refractivity contribution in [3.05, 3.63) is 70.8 Å². The molecule has 0 saturated carbocycles. The van der Waals surface area contributed by atoms with Gasteiger partial charge in [-0.3, -0.25) is 0 Å². The van der Waals surface area contributed by atoms with Crippen molar-refractivity contribution in [2.24, 2.45) is 0 Å². The van der Waals surface area contributed by atoms with Gasteiger partial charge in [0.05, 0.1) is 35.5 Å². The summed E-state index contributed by atoms with van der Waals surface area (Å²) in [6.07, 6.45) is 0. The summed E-state index contributed by atoms with van der Waals surface area (Å²) in [5.74, 6) is -4.79. The zero-order valence-corrected chi connectivity index (χ0v) is 20.3. The molecule has 0 bridgehead atoms. The topological polar surface area (TPSA) is 168 Å². The highest BCUT2D eigenvalue weighted by molar-refractivity contribution is 6.18. The van der Waals surface area contributed by atoms with E-state index in [1.54, 1.807) is 13.8 Å². The monoisotopic (exact) mass is 518 g/mol. The molecule has 0 saturated heterocycles. The molecule has 4 aromatic rings. The van der Waals surface area contributed by atoms with Crippen molar-refractivity contribution in [2.45, 2.75) is 13.8 Å². The van der Waals surface area contributed by atoms with Gasteiger partial charge < -0.3 is 29.9 Å². The molecule has 194 valence electrons. The summed E-state index contributed by atoms with van der Waals surface area (Å²) in [5, 5.41) is 39.7. The lowest BCUT2D eigenvalue weighted by atomic mass is 9.87. The molecular formula is C28H22O10. The van der Waals surface area contributed by atoms with E-state index in [2.05, 4.69) is 0 Å². The van der Waals surface area contributed by atoms with Crippen LogP contribution in [0, 0.1) is 0 Å².